The molecule has 0 bridgehead atoms. The zero-order chi connectivity index (χ0) is 22.7. The minimum absolute atomic E-state index is 0.138. The van der Waals surface area contributed by atoms with E-state index in [1.165, 1.54) is 6.33 Å². The molecule has 0 aliphatic carbocycles. The highest BCUT2D eigenvalue weighted by atomic mass is 35.5. The number of rotatable bonds is 7. The first kappa shape index (κ1) is 21.6. The molecule has 2 aromatic carbocycles. The molecule has 0 saturated carbocycles. The Balaban J connectivity index is 1.44. The number of benzene rings is 2. The van der Waals surface area contributed by atoms with Gasteiger partial charge in [0.2, 0.25) is 5.95 Å². The molecule has 0 aliphatic rings. The van der Waals surface area contributed by atoms with Crippen molar-refractivity contribution in [3.05, 3.63) is 87.5 Å². The topological polar surface area (TPSA) is 95.1 Å². The Hall–Kier alpha value is -3.65. The van der Waals surface area contributed by atoms with Crippen molar-refractivity contribution in [3.8, 4) is 5.75 Å². The molecule has 1 amide bonds. The van der Waals surface area contributed by atoms with E-state index in [-0.39, 0.29) is 18.2 Å². The van der Waals surface area contributed by atoms with E-state index in [0.29, 0.717) is 22.9 Å². The molecule has 0 radical (unpaired) electrons. The molecule has 9 heteroatoms. The third kappa shape index (κ3) is 4.97. The summed E-state index contributed by atoms with van der Waals surface area (Å²) in [5.41, 5.74) is 3.77. The van der Waals surface area contributed by atoms with Crippen molar-refractivity contribution in [2.24, 2.45) is 0 Å². The molecule has 0 aliphatic heterocycles. The number of aromatic nitrogens is 4. The molecule has 0 spiro atoms. The number of hydrogen-bond acceptors (Lipinski definition) is 6. The number of nitrogens with zero attached hydrogens (tertiary/aromatic N) is 4. The average molecular weight is 452 g/mol. The average Bonchev–Trinajstić information content (AvgIpc) is 3.34. The largest absolute Gasteiger partial charge is 0.488 e. The molecule has 0 saturated heterocycles. The van der Waals surface area contributed by atoms with Crippen LogP contribution in [0.3, 0.4) is 0 Å². The van der Waals surface area contributed by atoms with Gasteiger partial charge < -0.3 is 9.26 Å². The number of ether oxygens (including phenoxy) is 1. The van der Waals surface area contributed by atoms with Crippen molar-refractivity contribution in [2.75, 3.05) is 5.32 Å². The summed E-state index contributed by atoms with van der Waals surface area (Å²) in [5, 5.41) is 11.5. The maximum absolute atomic E-state index is 12.8. The SMILES string of the molecule is Cc1ccc(C)c(OCc2c(C(=O)Nc3ncn(Cc4cccc(Cl)c4)n3)noc2C)c1. The summed E-state index contributed by atoms with van der Waals surface area (Å²) in [6.45, 7) is 6.33. The standard InChI is InChI=1S/C23H22ClN5O3/c1-14-7-8-15(2)20(9-14)31-12-19-16(3)32-28-21(19)22(30)26-23-25-13-29(27-23)11-17-5-4-6-18(24)10-17/h4-10,13H,11-12H2,1-3H3,(H,26,27,30). The minimum Gasteiger partial charge on any atom is -0.488 e. The van der Waals surface area contributed by atoms with Gasteiger partial charge in [0.1, 0.15) is 24.4 Å². The smallest absolute Gasteiger partial charge is 0.280 e. The van der Waals surface area contributed by atoms with Crippen LogP contribution < -0.4 is 10.1 Å². The number of anilines is 1. The van der Waals surface area contributed by atoms with Gasteiger partial charge in [0, 0.05) is 5.02 Å². The van der Waals surface area contributed by atoms with Crippen LogP contribution in [0.25, 0.3) is 0 Å². The molecule has 2 aromatic heterocycles. The van der Waals surface area contributed by atoms with E-state index in [4.69, 9.17) is 20.9 Å². The molecule has 0 atom stereocenters. The summed E-state index contributed by atoms with van der Waals surface area (Å²) in [6, 6.07) is 13.4. The van der Waals surface area contributed by atoms with E-state index in [2.05, 4.69) is 20.6 Å². The summed E-state index contributed by atoms with van der Waals surface area (Å²) in [4.78, 5) is 16.9. The molecule has 1 N–H and O–H groups in total. The van der Waals surface area contributed by atoms with E-state index in [1.54, 1.807) is 17.7 Å². The van der Waals surface area contributed by atoms with E-state index in [1.807, 2.05) is 50.2 Å². The fourth-order valence-electron chi connectivity index (χ4n) is 3.16. The second kappa shape index (κ2) is 9.23. The highest BCUT2D eigenvalue weighted by Crippen LogP contribution is 2.23. The van der Waals surface area contributed by atoms with E-state index in [0.717, 1.165) is 22.4 Å². The van der Waals surface area contributed by atoms with Gasteiger partial charge in [-0.05, 0) is 55.7 Å². The minimum atomic E-state index is -0.470. The van der Waals surface area contributed by atoms with Gasteiger partial charge in [-0.3, -0.25) is 10.1 Å². The van der Waals surface area contributed by atoms with Crippen molar-refractivity contribution in [1.82, 2.24) is 19.9 Å². The van der Waals surface area contributed by atoms with Crippen molar-refractivity contribution in [2.45, 2.75) is 33.9 Å². The zero-order valence-electron chi connectivity index (χ0n) is 17.9. The van der Waals surface area contributed by atoms with Crippen LogP contribution in [0.4, 0.5) is 5.95 Å². The van der Waals surface area contributed by atoms with Crippen LogP contribution in [0, 0.1) is 20.8 Å². The highest BCUT2D eigenvalue weighted by Gasteiger charge is 2.22. The van der Waals surface area contributed by atoms with Crippen molar-refractivity contribution in [1.29, 1.82) is 0 Å². The number of carbonyl (C=O) groups excluding carboxylic acids is 1. The number of amides is 1. The molecule has 32 heavy (non-hydrogen) atoms. The maximum Gasteiger partial charge on any atom is 0.280 e. The summed E-state index contributed by atoms with van der Waals surface area (Å²) >= 11 is 6.02. The first-order chi connectivity index (χ1) is 15.4. The Labute approximate surface area is 190 Å². The van der Waals surface area contributed by atoms with Gasteiger partial charge in [0.15, 0.2) is 5.69 Å². The molecule has 0 unspecified atom stereocenters. The van der Waals surface area contributed by atoms with Gasteiger partial charge in [-0.2, -0.15) is 0 Å². The lowest BCUT2D eigenvalue weighted by atomic mass is 10.1. The van der Waals surface area contributed by atoms with Crippen LogP contribution in [-0.2, 0) is 13.2 Å². The van der Waals surface area contributed by atoms with Gasteiger partial charge in [-0.1, -0.05) is 41.0 Å². The lowest BCUT2D eigenvalue weighted by molar-refractivity contribution is 0.101. The molecule has 4 rings (SSSR count). The fourth-order valence-corrected chi connectivity index (χ4v) is 3.38. The lowest BCUT2D eigenvalue weighted by Gasteiger charge is -2.10. The lowest BCUT2D eigenvalue weighted by Crippen LogP contribution is -2.16. The Kier molecular flexibility index (Phi) is 6.23. The molecular formula is C23H22ClN5O3. The van der Waals surface area contributed by atoms with Gasteiger partial charge in [-0.25, -0.2) is 9.67 Å². The van der Waals surface area contributed by atoms with Crippen LogP contribution >= 0.6 is 11.6 Å². The number of carbonyl (C=O) groups is 1. The second-order valence-corrected chi connectivity index (χ2v) is 7.91. The Bertz CT molecular complexity index is 1260. The van der Waals surface area contributed by atoms with Gasteiger partial charge in [0.05, 0.1) is 12.1 Å². The summed E-state index contributed by atoms with van der Waals surface area (Å²) < 4.78 is 12.8. The van der Waals surface area contributed by atoms with Crippen LogP contribution in [0.1, 0.15) is 38.5 Å². The molecule has 164 valence electrons. The van der Waals surface area contributed by atoms with E-state index in [9.17, 15) is 4.79 Å². The van der Waals surface area contributed by atoms with E-state index < -0.39 is 5.91 Å². The predicted octanol–water partition coefficient (Wildman–Crippen LogP) is 4.72. The summed E-state index contributed by atoms with van der Waals surface area (Å²) in [7, 11) is 0. The third-order valence-corrected chi connectivity index (χ3v) is 5.15. The monoisotopic (exact) mass is 451 g/mol. The van der Waals surface area contributed by atoms with Crippen LogP contribution in [0.2, 0.25) is 5.02 Å². The Morgan fingerprint density at radius 2 is 2.03 bits per heavy atom. The molecule has 0 fully saturated rings. The first-order valence-electron chi connectivity index (χ1n) is 9.99. The highest BCUT2D eigenvalue weighted by molar-refractivity contribution is 6.30. The summed E-state index contributed by atoms with van der Waals surface area (Å²) in [5.74, 6) is 0.958. The van der Waals surface area contributed by atoms with Crippen LogP contribution in [0.15, 0.2) is 53.3 Å². The maximum atomic E-state index is 12.8. The van der Waals surface area contributed by atoms with Crippen molar-refractivity contribution < 1.29 is 14.1 Å². The normalized spacial score (nSPS) is 10.9. The molecule has 2 heterocycles. The Morgan fingerprint density at radius 3 is 2.84 bits per heavy atom. The van der Waals surface area contributed by atoms with Crippen LogP contribution in [0.5, 0.6) is 5.75 Å². The van der Waals surface area contributed by atoms with Gasteiger partial charge >= 0.3 is 0 Å². The predicted molar refractivity (Wildman–Crippen MR) is 120 cm³/mol. The quantitative estimate of drug-likeness (QED) is 0.436. The van der Waals surface area contributed by atoms with Crippen LogP contribution in [-0.4, -0.2) is 25.8 Å². The Morgan fingerprint density at radius 1 is 1.19 bits per heavy atom. The number of hydrogen-bond donors (Lipinski definition) is 1. The van der Waals surface area contributed by atoms with Crippen molar-refractivity contribution in [3.63, 3.8) is 0 Å². The van der Waals surface area contributed by atoms with Gasteiger partial charge in [0.25, 0.3) is 5.91 Å². The molecule has 4 aromatic rings. The third-order valence-electron chi connectivity index (χ3n) is 4.91. The molecular weight excluding hydrogens is 430 g/mol. The van der Waals surface area contributed by atoms with Crippen molar-refractivity contribution >= 4 is 23.5 Å². The zero-order valence-corrected chi connectivity index (χ0v) is 18.7. The first-order valence-corrected chi connectivity index (χ1v) is 10.4. The second-order valence-electron chi connectivity index (χ2n) is 7.47. The van der Waals surface area contributed by atoms with Gasteiger partial charge in [-0.15, -0.1) is 5.10 Å². The molecule has 8 nitrogen and oxygen atoms in total. The summed E-state index contributed by atoms with van der Waals surface area (Å²) in [6.07, 6.45) is 1.54. The number of halogens is 1. The number of nitrogens with one attached hydrogen (secondary N) is 1. The number of aryl methyl sites for hydroxylation is 3. The van der Waals surface area contributed by atoms with E-state index >= 15 is 0 Å². The fraction of sp³-hybridized carbons (Fsp3) is 0.217.